The van der Waals surface area contributed by atoms with Gasteiger partial charge in [-0.2, -0.15) is 0 Å². The van der Waals surface area contributed by atoms with E-state index in [1.165, 1.54) is 49.0 Å². The third-order valence-corrected chi connectivity index (χ3v) is 11.8. The van der Waals surface area contributed by atoms with Gasteiger partial charge in [0, 0.05) is 40.0 Å². The highest BCUT2D eigenvalue weighted by molar-refractivity contribution is 6.21. The van der Waals surface area contributed by atoms with Gasteiger partial charge in [-0.25, -0.2) is 9.97 Å². The molecule has 0 atom stereocenters. The second-order valence-electron chi connectivity index (χ2n) is 16.5. The summed E-state index contributed by atoms with van der Waals surface area (Å²) in [5.74, 6) is 0. The topological polar surface area (TPSA) is 43.6 Å². The Kier molecular flexibility index (Phi) is 8.02. The Labute approximate surface area is 343 Å². The summed E-state index contributed by atoms with van der Waals surface area (Å²) in [7, 11) is 0. The summed E-state index contributed by atoms with van der Waals surface area (Å²) >= 11 is 0. The van der Waals surface area contributed by atoms with Gasteiger partial charge in [0.15, 0.2) is 0 Å². The molecule has 4 heterocycles. The number of benzene rings is 7. The zero-order valence-electron chi connectivity index (χ0n) is 33.2. The first kappa shape index (κ1) is 34.8. The maximum atomic E-state index is 5.52. The lowest BCUT2D eigenvalue weighted by atomic mass is 9.83. The molecule has 11 rings (SSSR count). The highest BCUT2D eigenvalue weighted by atomic mass is 15.0. The van der Waals surface area contributed by atoms with Crippen LogP contribution in [0.4, 0.5) is 0 Å². The van der Waals surface area contributed by atoms with Crippen LogP contribution in [0.15, 0.2) is 188 Å². The maximum Gasteiger partial charge on any atom is 0.0896 e. The largest absolute Gasteiger partial charge is 0.309 e. The molecule has 0 spiro atoms. The Balaban J connectivity index is 1.09. The molecule has 0 saturated heterocycles. The molecule has 4 aromatic heterocycles. The summed E-state index contributed by atoms with van der Waals surface area (Å²) in [6.45, 7) is 6.82. The summed E-state index contributed by atoms with van der Waals surface area (Å²) in [6, 6.07) is 63.1. The maximum absolute atomic E-state index is 5.52. The molecule has 4 heteroatoms. The van der Waals surface area contributed by atoms with Crippen LogP contribution in [0.1, 0.15) is 26.3 Å². The fraction of sp³-hybridized carbons (Fsp3) is 0.0727. The molecule has 4 nitrogen and oxygen atoms in total. The number of pyridine rings is 3. The third-order valence-electron chi connectivity index (χ3n) is 11.8. The average molecular weight is 757 g/mol. The van der Waals surface area contributed by atoms with Crippen molar-refractivity contribution < 1.29 is 0 Å². The minimum Gasteiger partial charge on any atom is -0.309 e. The third kappa shape index (κ3) is 5.87. The second-order valence-corrected chi connectivity index (χ2v) is 16.5. The van der Waals surface area contributed by atoms with E-state index in [1.54, 1.807) is 0 Å². The highest BCUT2D eigenvalue weighted by Gasteiger charge is 2.23. The van der Waals surface area contributed by atoms with Crippen molar-refractivity contribution in [2.75, 3.05) is 0 Å². The summed E-state index contributed by atoms with van der Waals surface area (Å²) < 4.78 is 2.31. The van der Waals surface area contributed by atoms with Crippen molar-refractivity contribution in [2.24, 2.45) is 0 Å². The van der Waals surface area contributed by atoms with Gasteiger partial charge in [0.1, 0.15) is 0 Å². The van der Waals surface area contributed by atoms with E-state index in [0.717, 1.165) is 61.4 Å². The lowest BCUT2D eigenvalue weighted by Gasteiger charge is -2.23. The minimum absolute atomic E-state index is 0.132. The summed E-state index contributed by atoms with van der Waals surface area (Å²) in [5, 5.41) is 9.50. The molecular formula is C55H40N4. The van der Waals surface area contributed by atoms with Gasteiger partial charge in [0.2, 0.25) is 0 Å². The molecule has 0 bridgehead atoms. The van der Waals surface area contributed by atoms with Crippen molar-refractivity contribution in [3.05, 3.63) is 194 Å². The summed E-state index contributed by atoms with van der Waals surface area (Å²) in [5.41, 5.74) is 12.6. The molecule has 11 aromatic rings. The van der Waals surface area contributed by atoms with E-state index in [1.807, 2.05) is 12.4 Å². The van der Waals surface area contributed by atoms with Crippen LogP contribution >= 0.6 is 0 Å². The lowest BCUT2D eigenvalue weighted by molar-refractivity contribution is 0.590. The highest BCUT2D eigenvalue weighted by Crippen LogP contribution is 2.45. The molecule has 0 amide bonds. The molecular weight excluding hydrogens is 717 g/mol. The smallest absolute Gasteiger partial charge is 0.0896 e. The molecule has 0 N–H and O–H groups in total. The van der Waals surface area contributed by atoms with E-state index >= 15 is 0 Å². The van der Waals surface area contributed by atoms with E-state index in [9.17, 15) is 0 Å². The molecule has 7 aromatic carbocycles. The zero-order chi connectivity index (χ0) is 39.7. The Morgan fingerprint density at radius 2 is 1.02 bits per heavy atom. The normalized spacial score (nSPS) is 12.0. The first-order valence-electron chi connectivity index (χ1n) is 20.3. The van der Waals surface area contributed by atoms with Gasteiger partial charge >= 0.3 is 0 Å². The predicted molar refractivity (Wildman–Crippen MR) is 247 cm³/mol. The Bertz CT molecular complexity index is 3370. The van der Waals surface area contributed by atoms with Gasteiger partial charge in [0.05, 0.1) is 33.8 Å². The van der Waals surface area contributed by atoms with Crippen LogP contribution in [-0.4, -0.2) is 19.5 Å². The Morgan fingerprint density at radius 1 is 0.407 bits per heavy atom. The molecule has 0 unspecified atom stereocenters. The first-order chi connectivity index (χ1) is 28.9. The first-order valence-corrected chi connectivity index (χ1v) is 20.3. The predicted octanol–water partition coefficient (Wildman–Crippen LogP) is 14.4. The van der Waals surface area contributed by atoms with Crippen LogP contribution in [0.2, 0.25) is 0 Å². The summed E-state index contributed by atoms with van der Waals surface area (Å²) in [6.07, 6.45) is 3.83. The quantitative estimate of drug-likeness (QED) is 0.164. The van der Waals surface area contributed by atoms with E-state index < -0.39 is 0 Å². The second kappa shape index (κ2) is 13.6. The molecule has 280 valence electrons. The Hall–Kier alpha value is -7.43. The van der Waals surface area contributed by atoms with Gasteiger partial charge in [-0.15, -0.1) is 0 Å². The minimum atomic E-state index is -0.132. The number of nitrogens with zero attached hydrogens (tertiary/aromatic N) is 4. The van der Waals surface area contributed by atoms with Crippen LogP contribution < -0.4 is 0 Å². The van der Waals surface area contributed by atoms with Crippen molar-refractivity contribution in [1.29, 1.82) is 0 Å². The molecule has 59 heavy (non-hydrogen) atoms. The van der Waals surface area contributed by atoms with Crippen LogP contribution in [0, 0.1) is 0 Å². The van der Waals surface area contributed by atoms with Gasteiger partial charge < -0.3 is 4.57 Å². The van der Waals surface area contributed by atoms with E-state index in [-0.39, 0.29) is 5.41 Å². The van der Waals surface area contributed by atoms with Crippen molar-refractivity contribution >= 4 is 54.1 Å². The standard InChI is InChI=1S/C55H40N4/c1-55(2,3)39-32-49(48-23-13-22-47(57-48)37-26-27-51-45(31-37)46-34-56-29-28-52(46)59(51)40-16-5-4-6-17-40)58-50(33-39)54-43-20-11-9-18-41(43)53(42-19-10-12-21-44(42)54)38-25-24-35-14-7-8-15-36(35)30-38/h4-34H,1-3H3. The molecule has 0 aliphatic carbocycles. The molecule has 0 radical (unpaired) electrons. The van der Waals surface area contributed by atoms with Crippen molar-refractivity contribution in [1.82, 2.24) is 19.5 Å². The number of hydrogen-bond acceptors (Lipinski definition) is 3. The molecule has 0 fully saturated rings. The van der Waals surface area contributed by atoms with E-state index in [2.05, 4.69) is 206 Å². The number of aromatic nitrogens is 4. The number of fused-ring (bicyclic) bond motifs is 6. The van der Waals surface area contributed by atoms with Crippen molar-refractivity contribution in [3.63, 3.8) is 0 Å². The summed E-state index contributed by atoms with van der Waals surface area (Å²) in [4.78, 5) is 15.4. The van der Waals surface area contributed by atoms with Gasteiger partial charge in [-0.3, -0.25) is 4.98 Å². The zero-order valence-corrected chi connectivity index (χ0v) is 33.2. The van der Waals surface area contributed by atoms with Crippen molar-refractivity contribution in [2.45, 2.75) is 26.2 Å². The van der Waals surface area contributed by atoms with Crippen LogP contribution in [0.3, 0.4) is 0 Å². The van der Waals surface area contributed by atoms with Gasteiger partial charge in [0.25, 0.3) is 0 Å². The van der Waals surface area contributed by atoms with Crippen molar-refractivity contribution in [3.8, 4) is 50.7 Å². The van der Waals surface area contributed by atoms with Crippen LogP contribution in [0.5, 0.6) is 0 Å². The Morgan fingerprint density at radius 3 is 1.76 bits per heavy atom. The fourth-order valence-corrected chi connectivity index (χ4v) is 8.90. The monoisotopic (exact) mass is 756 g/mol. The van der Waals surface area contributed by atoms with Crippen LogP contribution in [-0.2, 0) is 5.41 Å². The average Bonchev–Trinajstić information content (AvgIpc) is 3.61. The van der Waals surface area contributed by atoms with Crippen LogP contribution in [0.25, 0.3) is 105 Å². The molecule has 0 saturated carbocycles. The van der Waals surface area contributed by atoms with E-state index in [0.29, 0.717) is 0 Å². The molecule has 0 aliphatic rings. The number of para-hydroxylation sites is 1. The lowest BCUT2D eigenvalue weighted by Crippen LogP contribution is -2.12. The SMILES string of the molecule is CC(C)(C)c1cc(-c2cccc(-c3ccc4c(c3)c3cnccc3n4-c3ccccc3)n2)nc(-c2c3ccccc3c(-c3ccc4ccccc4c3)c3ccccc23)c1. The molecule has 0 aliphatic heterocycles. The fourth-order valence-electron chi connectivity index (χ4n) is 8.90. The van der Waals surface area contributed by atoms with E-state index in [4.69, 9.17) is 9.97 Å². The van der Waals surface area contributed by atoms with Gasteiger partial charge in [-0.1, -0.05) is 136 Å². The van der Waals surface area contributed by atoms with Gasteiger partial charge in [-0.05, 0) is 115 Å². The number of hydrogen-bond donors (Lipinski definition) is 0. The number of rotatable bonds is 5.